The van der Waals surface area contributed by atoms with Crippen LogP contribution in [0.1, 0.15) is 38.5 Å². The second-order valence-electron chi connectivity index (χ2n) is 5.24. The van der Waals surface area contributed by atoms with Gasteiger partial charge in [0, 0.05) is 12.6 Å². The van der Waals surface area contributed by atoms with Gasteiger partial charge in [-0.3, -0.25) is 0 Å². The van der Waals surface area contributed by atoms with E-state index in [-0.39, 0.29) is 0 Å². The molecule has 0 aromatic rings. The van der Waals surface area contributed by atoms with E-state index in [1.165, 1.54) is 45.1 Å². The van der Waals surface area contributed by atoms with E-state index < -0.39 is 0 Å². The summed E-state index contributed by atoms with van der Waals surface area (Å²) in [5.74, 6) is 1.71. The quantitative estimate of drug-likeness (QED) is 0.693. The standard InChI is InChI=1S/C12H24N2/c1-14-9-10(8-13)7-11-5-3-2-4-6-12(11)14/h10-12H,2-9,13H2,1H3. The molecule has 2 heteroatoms. The third-order valence-electron chi connectivity index (χ3n) is 4.20. The van der Waals surface area contributed by atoms with Crippen LogP contribution in [-0.4, -0.2) is 31.1 Å². The average Bonchev–Trinajstić information content (AvgIpc) is 2.42. The van der Waals surface area contributed by atoms with E-state index in [9.17, 15) is 0 Å². The summed E-state index contributed by atoms with van der Waals surface area (Å²) in [5, 5.41) is 0. The Bertz CT molecular complexity index is 181. The second-order valence-corrected chi connectivity index (χ2v) is 5.24. The molecule has 1 aliphatic carbocycles. The third kappa shape index (κ3) is 2.12. The lowest BCUT2D eigenvalue weighted by Crippen LogP contribution is -2.47. The van der Waals surface area contributed by atoms with Gasteiger partial charge in [0.2, 0.25) is 0 Å². The molecular formula is C12H24N2. The smallest absolute Gasteiger partial charge is 0.0121 e. The SMILES string of the molecule is CN1CC(CN)CC2CCCCCC21. The average molecular weight is 196 g/mol. The van der Waals surface area contributed by atoms with Gasteiger partial charge in [-0.25, -0.2) is 0 Å². The first-order chi connectivity index (χ1) is 6.81. The predicted molar refractivity (Wildman–Crippen MR) is 60.2 cm³/mol. The van der Waals surface area contributed by atoms with Crippen LogP contribution in [-0.2, 0) is 0 Å². The lowest BCUT2D eigenvalue weighted by molar-refractivity contribution is 0.0761. The van der Waals surface area contributed by atoms with Crippen LogP contribution in [0.15, 0.2) is 0 Å². The Hall–Kier alpha value is -0.0800. The maximum atomic E-state index is 5.80. The van der Waals surface area contributed by atoms with Crippen molar-refractivity contribution in [2.75, 3.05) is 20.1 Å². The van der Waals surface area contributed by atoms with Crippen LogP contribution in [0, 0.1) is 11.8 Å². The molecule has 3 unspecified atom stereocenters. The summed E-state index contributed by atoms with van der Waals surface area (Å²) in [7, 11) is 2.30. The van der Waals surface area contributed by atoms with Gasteiger partial charge in [-0.2, -0.15) is 0 Å². The monoisotopic (exact) mass is 196 g/mol. The van der Waals surface area contributed by atoms with Gasteiger partial charge in [0.15, 0.2) is 0 Å². The Morgan fingerprint density at radius 3 is 2.79 bits per heavy atom. The number of rotatable bonds is 1. The molecule has 0 spiro atoms. The molecule has 0 bridgehead atoms. The number of hydrogen-bond donors (Lipinski definition) is 1. The van der Waals surface area contributed by atoms with Crippen molar-refractivity contribution in [2.45, 2.75) is 44.6 Å². The highest BCUT2D eigenvalue weighted by molar-refractivity contribution is 4.88. The lowest BCUT2D eigenvalue weighted by Gasteiger charge is -2.42. The molecule has 0 aromatic carbocycles. The fraction of sp³-hybridized carbons (Fsp3) is 1.00. The number of hydrogen-bond acceptors (Lipinski definition) is 2. The second kappa shape index (κ2) is 4.63. The molecule has 1 aliphatic heterocycles. The maximum absolute atomic E-state index is 5.80. The van der Waals surface area contributed by atoms with Gasteiger partial charge in [-0.05, 0) is 44.7 Å². The van der Waals surface area contributed by atoms with Gasteiger partial charge in [0.05, 0.1) is 0 Å². The molecule has 0 amide bonds. The number of fused-ring (bicyclic) bond motifs is 1. The van der Waals surface area contributed by atoms with Crippen LogP contribution in [0.5, 0.6) is 0 Å². The maximum Gasteiger partial charge on any atom is 0.0121 e. The summed E-state index contributed by atoms with van der Waals surface area (Å²) >= 11 is 0. The van der Waals surface area contributed by atoms with Crippen LogP contribution in [0.3, 0.4) is 0 Å². The molecule has 2 rings (SSSR count). The summed E-state index contributed by atoms with van der Waals surface area (Å²) in [5.41, 5.74) is 5.80. The number of piperidine rings is 1. The highest BCUT2D eigenvalue weighted by Crippen LogP contribution is 2.35. The molecule has 2 aliphatic rings. The first-order valence-electron chi connectivity index (χ1n) is 6.21. The summed E-state index contributed by atoms with van der Waals surface area (Å²) in [6, 6.07) is 0.875. The number of nitrogens with two attached hydrogens (primary N) is 1. The first kappa shape index (κ1) is 10.4. The minimum absolute atomic E-state index is 0.763. The Kier molecular flexibility index (Phi) is 3.45. The zero-order valence-corrected chi connectivity index (χ0v) is 9.41. The van der Waals surface area contributed by atoms with E-state index in [1.54, 1.807) is 0 Å². The summed E-state index contributed by atoms with van der Waals surface area (Å²) in [4.78, 5) is 2.58. The molecular weight excluding hydrogens is 172 g/mol. The minimum atomic E-state index is 0.763. The Labute approximate surface area is 87.8 Å². The van der Waals surface area contributed by atoms with E-state index in [4.69, 9.17) is 5.73 Å². The van der Waals surface area contributed by atoms with Gasteiger partial charge in [0.1, 0.15) is 0 Å². The van der Waals surface area contributed by atoms with Crippen LogP contribution >= 0.6 is 0 Å². The first-order valence-corrected chi connectivity index (χ1v) is 6.21. The van der Waals surface area contributed by atoms with E-state index in [0.29, 0.717) is 0 Å². The van der Waals surface area contributed by atoms with Crippen molar-refractivity contribution < 1.29 is 0 Å². The van der Waals surface area contributed by atoms with Crippen molar-refractivity contribution in [3.8, 4) is 0 Å². The minimum Gasteiger partial charge on any atom is -0.330 e. The molecule has 82 valence electrons. The van der Waals surface area contributed by atoms with Gasteiger partial charge in [0.25, 0.3) is 0 Å². The van der Waals surface area contributed by atoms with Gasteiger partial charge in [-0.15, -0.1) is 0 Å². The van der Waals surface area contributed by atoms with Crippen molar-refractivity contribution in [3.05, 3.63) is 0 Å². The van der Waals surface area contributed by atoms with Crippen LogP contribution in [0.25, 0.3) is 0 Å². The van der Waals surface area contributed by atoms with Gasteiger partial charge >= 0.3 is 0 Å². The van der Waals surface area contributed by atoms with Crippen LogP contribution < -0.4 is 5.73 Å². The highest BCUT2D eigenvalue weighted by atomic mass is 15.1. The Morgan fingerprint density at radius 2 is 2.00 bits per heavy atom. The molecule has 2 N–H and O–H groups in total. The van der Waals surface area contributed by atoms with Crippen LogP contribution in [0.2, 0.25) is 0 Å². The predicted octanol–water partition coefficient (Wildman–Crippen LogP) is 1.85. The molecule has 2 nitrogen and oxygen atoms in total. The number of nitrogens with zero attached hydrogens (tertiary/aromatic N) is 1. The molecule has 1 saturated carbocycles. The van der Waals surface area contributed by atoms with Crippen molar-refractivity contribution in [1.82, 2.24) is 4.90 Å². The van der Waals surface area contributed by atoms with Crippen molar-refractivity contribution in [3.63, 3.8) is 0 Å². The molecule has 0 aromatic heterocycles. The largest absolute Gasteiger partial charge is 0.330 e. The van der Waals surface area contributed by atoms with Crippen molar-refractivity contribution in [2.24, 2.45) is 17.6 Å². The van der Waals surface area contributed by atoms with E-state index in [2.05, 4.69) is 11.9 Å². The zero-order chi connectivity index (χ0) is 9.97. The zero-order valence-electron chi connectivity index (χ0n) is 9.41. The molecule has 0 radical (unpaired) electrons. The Morgan fingerprint density at radius 1 is 1.21 bits per heavy atom. The van der Waals surface area contributed by atoms with E-state index in [1.807, 2.05) is 0 Å². The fourth-order valence-corrected chi connectivity index (χ4v) is 3.44. The van der Waals surface area contributed by atoms with Crippen molar-refractivity contribution in [1.29, 1.82) is 0 Å². The summed E-state index contributed by atoms with van der Waals surface area (Å²) in [6.45, 7) is 2.12. The molecule has 1 saturated heterocycles. The topological polar surface area (TPSA) is 29.3 Å². The summed E-state index contributed by atoms with van der Waals surface area (Å²) < 4.78 is 0. The molecule has 2 fully saturated rings. The highest BCUT2D eigenvalue weighted by Gasteiger charge is 2.33. The fourth-order valence-electron chi connectivity index (χ4n) is 3.44. The van der Waals surface area contributed by atoms with E-state index in [0.717, 1.165) is 24.4 Å². The normalized spacial score (nSPS) is 40.3. The van der Waals surface area contributed by atoms with Crippen molar-refractivity contribution >= 4 is 0 Å². The third-order valence-corrected chi connectivity index (χ3v) is 4.20. The van der Waals surface area contributed by atoms with Crippen LogP contribution in [0.4, 0.5) is 0 Å². The molecule has 3 atom stereocenters. The number of likely N-dealkylation sites (tertiary alicyclic amines) is 1. The van der Waals surface area contributed by atoms with Gasteiger partial charge < -0.3 is 10.6 Å². The lowest BCUT2D eigenvalue weighted by atomic mass is 9.81. The Balaban J connectivity index is 2.01. The molecule has 1 heterocycles. The molecule has 14 heavy (non-hydrogen) atoms. The summed E-state index contributed by atoms with van der Waals surface area (Å²) in [6.07, 6.45) is 8.62. The van der Waals surface area contributed by atoms with Gasteiger partial charge in [-0.1, -0.05) is 19.3 Å². The van der Waals surface area contributed by atoms with E-state index >= 15 is 0 Å².